The SMILES string of the molecule is COCc1nnc2n1CCN(C(=O)Cc1ccc(F)cc1OC)C2C. The number of hydrogen-bond acceptors (Lipinski definition) is 5. The van der Waals surface area contributed by atoms with E-state index in [1.165, 1.54) is 19.2 Å². The first kappa shape index (κ1) is 17.3. The third-order valence-electron chi connectivity index (χ3n) is 4.45. The van der Waals surface area contributed by atoms with Crippen LogP contribution in [0.5, 0.6) is 5.75 Å². The molecule has 0 spiro atoms. The van der Waals surface area contributed by atoms with Crippen molar-refractivity contribution < 1.29 is 18.7 Å². The molecule has 1 amide bonds. The van der Waals surface area contributed by atoms with Gasteiger partial charge in [-0.15, -0.1) is 10.2 Å². The number of methoxy groups -OCH3 is 2. The number of ether oxygens (including phenoxy) is 2. The van der Waals surface area contributed by atoms with Crippen LogP contribution >= 0.6 is 0 Å². The van der Waals surface area contributed by atoms with Crippen molar-refractivity contribution >= 4 is 5.91 Å². The summed E-state index contributed by atoms with van der Waals surface area (Å²) in [6, 6.07) is 4.01. The summed E-state index contributed by atoms with van der Waals surface area (Å²) >= 11 is 0. The summed E-state index contributed by atoms with van der Waals surface area (Å²) in [5.41, 5.74) is 0.660. The molecule has 0 saturated carbocycles. The molecular weight excluding hydrogens is 327 g/mol. The van der Waals surface area contributed by atoms with Crippen LogP contribution in [0.25, 0.3) is 0 Å². The minimum absolute atomic E-state index is 0.0556. The summed E-state index contributed by atoms with van der Waals surface area (Å²) in [4.78, 5) is 14.5. The molecule has 0 fully saturated rings. The maximum absolute atomic E-state index is 13.3. The Morgan fingerprint density at radius 2 is 2.12 bits per heavy atom. The second kappa shape index (κ2) is 7.18. The van der Waals surface area contributed by atoms with Gasteiger partial charge in [0.25, 0.3) is 0 Å². The monoisotopic (exact) mass is 348 g/mol. The Labute approximate surface area is 145 Å². The highest BCUT2D eigenvalue weighted by Crippen LogP contribution is 2.27. The minimum atomic E-state index is -0.391. The van der Waals surface area contributed by atoms with E-state index >= 15 is 0 Å². The van der Waals surface area contributed by atoms with Gasteiger partial charge in [0.15, 0.2) is 11.6 Å². The van der Waals surface area contributed by atoms with E-state index in [4.69, 9.17) is 9.47 Å². The van der Waals surface area contributed by atoms with Gasteiger partial charge in [0, 0.05) is 31.8 Å². The third-order valence-corrected chi connectivity index (χ3v) is 4.45. The standard InChI is InChI=1S/C17H21FN4O3/c1-11-17-20-19-15(10-24-2)22(17)7-6-21(11)16(23)8-12-4-5-13(18)9-14(12)25-3/h4-5,9,11H,6-8,10H2,1-3H3. The summed E-state index contributed by atoms with van der Waals surface area (Å²) in [5, 5.41) is 8.35. The average molecular weight is 348 g/mol. The lowest BCUT2D eigenvalue weighted by Gasteiger charge is -2.34. The Bertz CT molecular complexity index is 777. The number of nitrogens with zero attached hydrogens (tertiary/aromatic N) is 4. The number of aromatic nitrogens is 3. The first-order valence-corrected chi connectivity index (χ1v) is 8.08. The van der Waals surface area contributed by atoms with Gasteiger partial charge in [-0.05, 0) is 13.0 Å². The van der Waals surface area contributed by atoms with Crippen LogP contribution in [0, 0.1) is 5.82 Å². The molecule has 0 aliphatic carbocycles. The molecular formula is C17H21FN4O3. The maximum Gasteiger partial charge on any atom is 0.227 e. The lowest BCUT2D eigenvalue weighted by molar-refractivity contribution is -0.133. The van der Waals surface area contributed by atoms with E-state index in [9.17, 15) is 9.18 Å². The number of halogens is 1. The predicted octanol–water partition coefficient (Wildman–Crippen LogP) is 1.72. The lowest BCUT2D eigenvalue weighted by Crippen LogP contribution is -2.42. The number of carbonyl (C=O) groups excluding carboxylic acids is 1. The number of fused-ring (bicyclic) bond motifs is 1. The first-order valence-electron chi connectivity index (χ1n) is 8.08. The highest BCUT2D eigenvalue weighted by atomic mass is 19.1. The Morgan fingerprint density at radius 3 is 2.84 bits per heavy atom. The fraction of sp³-hybridized carbons (Fsp3) is 0.471. The summed E-state index contributed by atoms with van der Waals surface area (Å²) < 4.78 is 25.6. The third kappa shape index (κ3) is 3.34. The van der Waals surface area contributed by atoms with Gasteiger partial charge in [0.2, 0.25) is 5.91 Å². The normalized spacial score (nSPS) is 16.6. The number of amides is 1. The van der Waals surface area contributed by atoms with Gasteiger partial charge in [0.1, 0.15) is 18.2 Å². The van der Waals surface area contributed by atoms with Gasteiger partial charge in [-0.3, -0.25) is 4.79 Å². The van der Waals surface area contributed by atoms with E-state index in [2.05, 4.69) is 10.2 Å². The van der Waals surface area contributed by atoms with Crippen LogP contribution in [0.1, 0.15) is 30.2 Å². The number of benzene rings is 1. The molecule has 3 rings (SSSR count). The molecule has 1 atom stereocenters. The zero-order chi connectivity index (χ0) is 18.0. The Hall–Kier alpha value is -2.48. The highest BCUT2D eigenvalue weighted by Gasteiger charge is 2.31. The molecule has 2 aromatic rings. The van der Waals surface area contributed by atoms with Crippen LogP contribution < -0.4 is 4.74 Å². The quantitative estimate of drug-likeness (QED) is 0.823. The van der Waals surface area contributed by atoms with Crippen LogP contribution in [0.4, 0.5) is 4.39 Å². The van der Waals surface area contributed by atoms with Gasteiger partial charge in [-0.1, -0.05) is 6.07 Å². The smallest absolute Gasteiger partial charge is 0.227 e. The maximum atomic E-state index is 13.3. The zero-order valence-corrected chi connectivity index (χ0v) is 14.5. The van der Waals surface area contributed by atoms with Crippen LogP contribution in [-0.2, 0) is 29.1 Å². The van der Waals surface area contributed by atoms with Crippen molar-refractivity contribution in [1.82, 2.24) is 19.7 Å². The van der Waals surface area contributed by atoms with E-state index in [0.717, 1.165) is 11.6 Å². The van der Waals surface area contributed by atoms with E-state index in [-0.39, 0.29) is 18.4 Å². The van der Waals surface area contributed by atoms with Gasteiger partial charge < -0.3 is 18.9 Å². The number of carbonyl (C=O) groups is 1. The molecule has 0 saturated heterocycles. The molecule has 1 unspecified atom stereocenters. The molecule has 1 aliphatic heterocycles. The molecule has 25 heavy (non-hydrogen) atoms. The van der Waals surface area contributed by atoms with E-state index < -0.39 is 5.82 Å². The fourth-order valence-corrected chi connectivity index (χ4v) is 3.15. The topological polar surface area (TPSA) is 69.5 Å². The van der Waals surface area contributed by atoms with Crippen LogP contribution in [-0.4, -0.2) is 46.3 Å². The largest absolute Gasteiger partial charge is 0.496 e. The number of hydrogen-bond donors (Lipinski definition) is 0. The molecule has 8 heteroatoms. The van der Waals surface area contributed by atoms with Crippen LogP contribution in [0.3, 0.4) is 0 Å². The van der Waals surface area contributed by atoms with Crippen LogP contribution in [0.2, 0.25) is 0 Å². The van der Waals surface area contributed by atoms with Crippen molar-refractivity contribution in [3.8, 4) is 5.75 Å². The molecule has 7 nitrogen and oxygen atoms in total. The molecule has 134 valence electrons. The molecule has 1 aromatic heterocycles. The van der Waals surface area contributed by atoms with E-state index in [0.29, 0.717) is 31.0 Å². The summed E-state index contributed by atoms with van der Waals surface area (Å²) in [7, 11) is 3.08. The second-order valence-electron chi connectivity index (χ2n) is 5.96. The molecule has 2 heterocycles. The predicted molar refractivity (Wildman–Crippen MR) is 87.5 cm³/mol. The molecule has 0 N–H and O–H groups in total. The summed E-state index contributed by atoms with van der Waals surface area (Å²) in [6.07, 6.45) is 0.146. The molecule has 1 aliphatic rings. The van der Waals surface area contributed by atoms with Crippen molar-refractivity contribution in [3.63, 3.8) is 0 Å². The van der Waals surface area contributed by atoms with Gasteiger partial charge in [-0.2, -0.15) is 0 Å². The van der Waals surface area contributed by atoms with Crippen molar-refractivity contribution in [1.29, 1.82) is 0 Å². The van der Waals surface area contributed by atoms with E-state index in [1.54, 1.807) is 18.1 Å². The lowest BCUT2D eigenvalue weighted by atomic mass is 10.1. The summed E-state index contributed by atoms with van der Waals surface area (Å²) in [6.45, 7) is 3.50. The minimum Gasteiger partial charge on any atom is -0.496 e. The molecule has 0 radical (unpaired) electrons. The Morgan fingerprint density at radius 1 is 1.32 bits per heavy atom. The Kier molecular flexibility index (Phi) is 4.98. The number of rotatable bonds is 5. The van der Waals surface area contributed by atoms with Crippen molar-refractivity contribution in [2.75, 3.05) is 20.8 Å². The fourth-order valence-electron chi connectivity index (χ4n) is 3.15. The average Bonchev–Trinajstić information content (AvgIpc) is 3.01. The van der Waals surface area contributed by atoms with Gasteiger partial charge in [-0.25, -0.2) is 4.39 Å². The van der Waals surface area contributed by atoms with Gasteiger partial charge >= 0.3 is 0 Å². The summed E-state index contributed by atoms with van der Waals surface area (Å²) in [5.74, 6) is 1.44. The van der Waals surface area contributed by atoms with Crippen LogP contribution in [0.15, 0.2) is 18.2 Å². The highest BCUT2D eigenvalue weighted by molar-refractivity contribution is 5.80. The van der Waals surface area contributed by atoms with Crippen molar-refractivity contribution in [2.45, 2.75) is 32.5 Å². The van der Waals surface area contributed by atoms with E-state index in [1.807, 2.05) is 11.5 Å². The molecule has 1 aromatic carbocycles. The van der Waals surface area contributed by atoms with Gasteiger partial charge in [0.05, 0.1) is 19.6 Å². The Balaban J connectivity index is 1.77. The zero-order valence-electron chi connectivity index (χ0n) is 14.5. The van der Waals surface area contributed by atoms with Crippen molar-refractivity contribution in [3.05, 3.63) is 41.2 Å². The molecule has 0 bridgehead atoms. The van der Waals surface area contributed by atoms with Crippen molar-refractivity contribution in [2.24, 2.45) is 0 Å². The first-order chi connectivity index (χ1) is 12.0. The second-order valence-corrected chi connectivity index (χ2v) is 5.96.